The Morgan fingerprint density at radius 2 is 1.95 bits per heavy atom. The lowest BCUT2D eigenvalue weighted by Crippen LogP contribution is -2.59. The number of alkyl halides is 3. The SMILES string of the molecule is NC(=O)C1=[C]C=CC(N(C(=O)C(F)(F)F)C2CCNCC2)N1. The van der Waals surface area contributed by atoms with Crippen LogP contribution in [-0.4, -0.2) is 48.2 Å². The lowest BCUT2D eigenvalue weighted by atomic mass is 10.0. The number of piperidine rings is 1. The highest BCUT2D eigenvalue weighted by atomic mass is 19.4. The number of hydrogen-bond acceptors (Lipinski definition) is 4. The Balaban J connectivity index is 2.25. The molecule has 0 saturated carbocycles. The van der Waals surface area contributed by atoms with E-state index in [4.69, 9.17) is 5.73 Å². The fourth-order valence-corrected chi connectivity index (χ4v) is 2.52. The lowest BCUT2D eigenvalue weighted by Gasteiger charge is -2.40. The number of hydrogen-bond donors (Lipinski definition) is 3. The van der Waals surface area contributed by atoms with Crippen molar-refractivity contribution < 1.29 is 22.8 Å². The van der Waals surface area contributed by atoms with Crippen LogP contribution in [0.5, 0.6) is 0 Å². The van der Waals surface area contributed by atoms with E-state index in [1.807, 2.05) is 0 Å². The number of allylic oxidation sites excluding steroid dienone is 2. The quantitative estimate of drug-likeness (QED) is 0.672. The molecule has 1 saturated heterocycles. The second-order valence-corrected chi connectivity index (χ2v) is 5.02. The van der Waals surface area contributed by atoms with Crippen LogP contribution in [-0.2, 0) is 9.59 Å². The maximum Gasteiger partial charge on any atom is 0.471 e. The van der Waals surface area contributed by atoms with Crippen LogP contribution in [0.2, 0.25) is 0 Å². The van der Waals surface area contributed by atoms with E-state index in [0.717, 1.165) is 4.90 Å². The third kappa shape index (κ3) is 3.59. The number of primary amides is 1. The van der Waals surface area contributed by atoms with E-state index >= 15 is 0 Å². The Labute approximate surface area is 125 Å². The van der Waals surface area contributed by atoms with E-state index in [1.165, 1.54) is 12.2 Å². The molecule has 0 spiro atoms. The number of carbonyl (C=O) groups excluding carboxylic acids is 2. The van der Waals surface area contributed by atoms with Crippen LogP contribution in [0, 0.1) is 6.08 Å². The van der Waals surface area contributed by atoms with Gasteiger partial charge in [-0.05, 0) is 32.0 Å². The van der Waals surface area contributed by atoms with Gasteiger partial charge in [0.05, 0.1) is 0 Å². The van der Waals surface area contributed by atoms with E-state index in [9.17, 15) is 22.8 Å². The molecule has 1 fully saturated rings. The number of nitrogens with two attached hydrogens (primary N) is 1. The predicted molar refractivity (Wildman–Crippen MR) is 70.8 cm³/mol. The number of nitrogens with zero attached hydrogens (tertiary/aromatic N) is 1. The zero-order valence-corrected chi connectivity index (χ0v) is 11.6. The summed E-state index contributed by atoms with van der Waals surface area (Å²) in [5.41, 5.74) is 4.95. The summed E-state index contributed by atoms with van der Waals surface area (Å²) < 4.78 is 38.7. The summed E-state index contributed by atoms with van der Waals surface area (Å²) in [6.07, 6.45) is -0.139. The van der Waals surface area contributed by atoms with Crippen molar-refractivity contribution in [3.63, 3.8) is 0 Å². The van der Waals surface area contributed by atoms with Gasteiger partial charge in [-0.1, -0.05) is 6.08 Å². The highest BCUT2D eigenvalue weighted by Crippen LogP contribution is 2.25. The summed E-state index contributed by atoms with van der Waals surface area (Å²) in [7, 11) is 0. The number of carbonyl (C=O) groups is 2. The van der Waals surface area contributed by atoms with Crippen LogP contribution < -0.4 is 16.4 Å². The molecular weight excluding hydrogens is 301 g/mol. The summed E-state index contributed by atoms with van der Waals surface area (Å²) in [5, 5.41) is 5.56. The molecule has 22 heavy (non-hydrogen) atoms. The van der Waals surface area contributed by atoms with Crippen LogP contribution in [0.15, 0.2) is 17.8 Å². The molecule has 0 aromatic heterocycles. The molecule has 1 unspecified atom stereocenters. The van der Waals surface area contributed by atoms with Crippen molar-refractivity contribution in [2.24, 2.45) is 5.73 Å². The van der Waals surface area contributed by atoms with Gasteiger partial charge in [0.1, 0.15) is 11.9 Å². The normalized spacial score (nSPS) is 22.7. The first-order valence-corrected chi connectivity index (χ1v) is 6.77. The first-order valence-electron chi connectivity index (χ1n) is 6.77. The second kappa shape index (κ2) is 6.39. The third-order valence-electron chi connectivity index (χ3n) is 3.52. The van der Waals surface area contributed by atoms with Gasteiger partial charge >= 0.3 is 12.1 Å². The van der Waals surface area contributed by atoms with Crippen LogP contribution in [0.3, 0.4) is 0 Å². The third-order valence-corrected chi connectivity index (χ3v) is 3.52. The molecule has 6 nitrogen and oxygen atoms in total. The lowest BCUT2D eigenvalue weighted by molar-refractivity contribution is -0.190. The molecule has 4 N–H and O–H groups in total. The van der Waals surface area contributed by atoms with E-state index in [2.05, 4.69) is 16.7 Å². The highest BCUT2D eigenvalue weighted by Gasteiger charge is 2.47. The molecule has 1 atom stereocenters. The Morgan fingerprint density at radius 1 is 1.32 bits per heavy atom. The fraction of sp³-hybridized carbons (Fsp3) is 0.538. The number of dihydropyridines is 1. The van der Waals surface area contributed by atoms with Gasteiger partial charge in [-0.3, -0.25) is 9.59 Å². The minimum absolute atomic E-state index is 0.151. The molecule has 2 amide bonds. The van der Waals surface area contributed by atoms with Gasteiger partial charge in [-0.2, -0.15) is 13.2 Å². The summed E-state index contributed by atoms with van der Waals surface area (Å²) >= 11 is 0. The first kappa shape index (κ1) is 16.3. The van der Waals surface area contributed by atoms with Crippen LogP contribution in [0.25, 0.3) is 0 Å². The van der Waals surface area contributed by atoms with Gasteiger partial charge in [-0.25, -0.2) is 0 Å². The molecule has 1 radical (unpaired) electrons. The molecule has 121 valence electrons. The number of amides is 2. The fourth-order valence-electron chi connectivity index (χ4n) is 2.52. The topological polar surface area (TPSA) is 87.5 Å². The molecule has 2 aliphatic rings. The molecule has 2 rings (SSSR count). The van der Waals surface area contributed by atoms with Crippen molar-refractivity contribution >= 4 is 11.8 Å². The van der Waals surface area contributed by atoms with E-state index < -0.39 is 30.2 Å². The number of rotatable bonds is 3. The average Bonchev–Trinajstić information content (AvgIpc) is 2.48. The van der Waals surface area contributed by atoms with E-state index in [1.54, 1.807) is 0 Å². The summed E-state index contributed by atoms with van der Waals surface area (Å²) in [6, 6.07) is -0.579. The predicted octanol–water partition coefficient (Wildman–Crippen LogP) is -0.213. The van der Waals surface area contributed by atoms with Crippen LogP contribution in [0.4, 0.5) is 13.2 Å². The Kier molecular flexibility index (Phi) is 4.74. The summed E-state index contributed by atoms with van der Waals surface area (Å²) in [6.45, 7) is 1.04. The largest absolute Gasteiger partial charge is 0.471 e. The van der Waals surface area contributed by atoms with E-state index in [-0.39, 0.29) is 5.70 Å². The second-order valence-electron chi connectivity index (χ2n) is 5.02. The molecule has 9 heteroatoms. The van der Waals surface area contributed by atoms with Crippen LogP contribution in [0.1, 0.15) is 12.8 Å². The molecule has 2 heterocycles. The van der Waals surface area contributed by atoms with Crippen molar-refractivity contribution in [2.45, 2.75) is 31.2 Å². The van der Waals surface area contributed by atoms with Gasteiger partial charge in [0.2, 0.25) is 0 Å². The maximum absolute atomic E-state index is 12.9. The van der Waals surface area contributed by atoms with Gasteiger partial charge in [0.15, 0.2) is 0 Å². The number of nitrogens with one attached hydrogen (secondary N) is 2. The highest BCUT2D eigenvalue weighted by molar-refractivity contribution is 5.91. The van der Waals surface area contributed by atoms with Crippen molar-refractivity contribution in [1.29, 1.82) is 0 Å². The van der Waals surface area contributed by atoms with Crippen molar-refractivity contribution in [3.8, 4) is 0 Å². The Morgan fingerprint density at radius 3 is 2.50 bits per heavy atom. The van der Waals surface area contributed by atoms with Gasteiger partial charge in [0.25, 0.3) is 5.91 Å². The standard InChI is InChI=1S/C13H16F3N4O2/c14-13(15,16)12(22)20(8-4-6-18-7-5-8)10-3-1-2-9(19-10)11(17)21/h1,3,8,10,18-19H,4-7H2,(H2,17,21). The maximum atomic E-state index is 12.9. The van der Waals surface area contributed by atoms with Crippen LogP contribution >= 0.6 is 0 Å². The molecule has 0 aromatic rings. The van der Waals surface area contributed by atoms with Gasteiger partial charge in [-0.15, -0.1) is 0 Å². The van der Waals surface area contributed by atoms with Crippen molar-refractivity contribution in [3.05, 3.63) is 23.9 Å². The van der Waals surface area contributed by atoms with Gasteiger partial charge < -0.3 is 21.3 Å². The Hall–Kier alpha value is -2.03. The average molecular weight is 317 g/mol. The molecule has 2 aliphatic heterocycles. The molecular formula is C13H16F3N4O2. The smallest absolute Gasteiger partial charge is 0.364 e. The monoisotopic (exact) mass is 317 g/mol. The molecule has 0 aromatic carbocycles. The van der Waals surface area contributed by atoms with E-state index in [0.29, 0.717) is 25.9 Å². The van der Waals surface area contributed by atoms with Gasteiger partial charge in [0, 0.05) is 12.1 Å². The number of halogens is 3. The zero-order chi connectivity index (χ0) is 16.3. The minimum Gasteiger partial charge on any atom is -0.364 e. The molecule has 0 bridgehead atoms. The minimum atomic E-state index is -4.99. The summed E-state index contributed by atoms with van der Waals surface area (Å²) in [5.74, 6) is -2.79. The Bertz CT molecular complexity index is 510. The van der Waals surface area contributed by atoms with Crippen molar-refractivity contribution in [2.75, 3.05) is 13.1 Å². The summed E-state index contributed by atoms with van der Waals surface area (Å²) in [4.78, 5) is 23.7. The first-order chi connectivity index (χ1) is 10.3. The molecule has 0 aliphatic carbocycles. The zero-order valence-electron chi connectivity index (χ0n) is 11.6. The van der Waals surface area contributed by atoms with Crippen molar-refractivity contribution in [1.82, 2.24) is 15.5 Å².